The highest BCUT2D eigenvalue weighted by molar-refractivity contribution is 5.89. The van der Waals surface area contributed by atoms with Crippen LogP contribution in [0.5, 0.6) is 5.75 Å². The zero-order chi connectivity index (χ0) is 26.9. The van der Waals surface area contributed by atoms with Crippen LogP contribution in [0.1, 0.15) is 57.6 Å². The second kappa shape index (κ2) is 13.0. The number of aryl methyl sites for hydroxylation is 2. The van der Waals surface area contributed by atoms with Crippen LogP contribution < -0.4 is 15.0 Å². The summed E-state index contributed by atoms with van der Waals surface area (Å²) in [5.74, 6) is 3.33. The van der Waals surface area contributed by atoms with Crippen LogP contribution >= 0.6 is 0 Å². The minimum atomic E-state index is 0.679. The molecule has 2 aromatic heterocycles. The number of aromatic nitrogens is 3. The van der Waals surface area contributed by atoms with Crippen molar-refractivity contribution in [2.45, 2.75) is 59.8 Å². The Labute approximate surface area is 226 Å². The third-order valence-electron chi connectivity index (χ3n) is 6.46. The molecule has 0 radical (unpaired) electrons. The molecule has 38 heavy (non-hydrogen) atoms. The lowest BCUT2D eigenvalue weighted by molar-refractivity contribution is 0.393. The van der Waals surface area contributed by atoms with Crippen LogP contribution in [-0.2, 0) is 6.42 Å². The maximum absolute atomic E-state index is 6.13. The summed E-state index contributed by atoms with van der Waals surface area (Å²) < 4.78 is 6.13. The van der Waals surface area contributed by atoms with Gasteiger partial charge in [0.2, 0.25) is 0 Å². The third kappa shape index (κ3) is 6.68. The number of ether oxygens (including phenoxy) is 1. The number of nitrogens with one attached hydrogen (secondary N) is 1. The van der Waals surface area contributed by atoms with Crippen LogP contribution in [0.25, 0.3) is 11.0 Å². The van der Waals surface area contributed by atoms with Crippen molar-refractivity contribution in [3.63, 3.8) is 0 Å². The van der Waals surface area contributed by atoms with E-state index in [9.17, 15) is 0 Å². The fourth-order valence-electron chi connectivity index (χ4n) is 4.48. The molecule has 0 saturated carbocycles. The van der Waals surface area contributed by atoms with E-state index >= 15 is 0 Å². The maximum Gasteiger partial charge on any atom is 0.160 e. The van der Waals surface area contributed by atoms with E-state index in [2.05, 4.69) is 58.3 Å². The Kier molecular flexibility index (Phi) is 9.30. The molecule has 8 heteroatoms. The molecule has 1 aliphatic heterocycles. The highest BCUT2D eigenvalue weighted by atomic mass is 16.5. The van der Waals surface area contributed by atoms with Crippen molar-refractivity contribution in [1.29, 1.82) is 0 Å². The first-order chi connectivity index (χ1) is 18.5. The van der Waals surface area contributed by atoms with E-state index in [0.717, 1.165) is 65.4 Å². The Balaban J connectivity index is 1.56. The average molecular weight is 514 g/mol. The van der Waals surface area contributed by atoms with Crippen LogP contribution in [0.2, 0.25) is 0 Å². The Morgan fingerprint density at radius 1 is 1.16 bits per heavy atom. The van der Waals surface area contributed by atoms with Crippen molar-refractivity contribution in [2.75, 3.05) is 30.4 Å². The van der Waals surface area contributed by atoms with E-state index in [1.807, 2.05) is 49.3 Å². The van der Waals surface area contributed by atoms with Crippen molar-refractivity contribution in [3.8, 4) is 5.75 Å². The molecule has 0 aliphatic carbocycles. The van der Waals surface area contributed by atoms with Gasteiger partial charge < -0.3 is 15.0 Å². The smallest absolute Gasteiger partial charge is 0.160 e. The lowest BCUT2D eigenvalue weighted by atomic mass is 10.1. The quantitative estimate of drug-likeness (QED) is 0.212. The molecule has 3 aromatic rings. The summed E-state index contributed by atoms with van der Waals surface area (Å²) in [6.45, 7) is 10.0. The molecule has 4 rings (SSSR count). The fourth-order valence-corrected chi connectivity index (χ4v) is 4.48. The number of pyridine rings is 1. The summed E-state index contributed by atoms with van der Waals surface area (Å²) in [7, 11) is 2.13. The van der Waals surface area contributed by atoms with E-state index in [-0.39, 0.29) is 0 Å². The number of nitrogens with zero attached hydrogens (tertiary/aromatic N) is 6. The van der Waals surface area contributed by atoms with Crippen molar-refractivity contribution < 1.29 is 4.74 Å². The number of unbranched alkanes of at least 4 members (excludes halogenated alkanes) is 2. The van der Waals surface area contributed by atoms with Gasteiger partial charge in [0, 0.05) is 31.7 Å². The summed E-state index contributed by atoms with van der Waals surface area (Å²) in [6.07, 6.45) is 14.8. The van der Waals surface area contributed by atoms with Gasteiger partial charge in [-0.05, 0) is 74.2 Å². The van der Waals surface area contributed by atoms with Gasteiger partial charge >= 0.3 is 0 Å². The lowest BCUT2D eigenvalue weighted by Crippen LogP contribution is -2.21. The predicted octanol–water partition coefficient (Wildman–Crippen LogP) is 6.75. The van der Waals surface area contributed by atoms with E-state index in [1.54, 1.807) is 12.5 Å². The van der Waals surface area contributed by atoms with Crippen LogP contribution in [0.3, 0.4) is 0 Å². The van der Waals surface area contributed by atoms with Crippen LogP contribution in [0.15, 0.2) is 59.8 Å². The SMILES string of the molecule is C/C=N\N1C=CC(Oc2ccc(Nc3ncnc4cc(CCC)c(N(C)CCCCC)nc34)cc2C)=CC1. The topological polar surface area (TPSA) is 78.8 Å². The van der Waals surface area contributed by atoms with Gasteiger partial charge in [0.1, 0.15) is 29.2 Å². The summed E-state index contributed by atoms with van der Waals surface area (Å²) >= 11 is 0. The number of hydrazone groups is 1. The molecule has 3 heterocycles. The number of benzene rings is 1. The zero-order valence-corrected chi connectivity index (χ0v) is 23.2. The highest BCUT2D eigenvalue weighted by Gasteiger charge is 2.15. The van der Waals surface area contributed by atoms with Gasteiger partial charge in [-0.25, -0.2) is 15.0 Å². The molecule has 8 nitrogen and oxygen atoms in total. The molecule has 0 saturated heterocycles. The molecule has 0 atom stereocenters. The monoisotopic (exact) mass is 513 g/mol. The van der Waals surface area contributed by atoms with Crippen molar-refractivity contribution in [2.24, 2.45) is 5.10 Å². The van der Waals surface area contributed by atoms with Gasteiger partial charge in [-0.15, -0.1) is 0 Å². The van der Waals surface area contributed by atoms with Gasteiger partial charge in [-0.3, -0.25) is 5.01 Å². The Morgan fingerprint density at radius 3 is 2.74 bits per heavy atom. The predicted molar refractivity (Wildman–Crippen MR) is 157 cm³/mol. The fraction of sp³-hybridized carbons (Fsp3) is 0.400. The molecule has 200 valence electrons. The molecular weight excluding hydrogens is 474 g/mol. The lowest BCUT2D eigenvalue weighted by Gasteiger charge is -2.22. The van der Waals surface area contributed by atoms with Gasteiger partial charge in [0.25, 0.3) is 0 Å². The van der Waals surface area contributed by atoms with E-state index in [0.29, 0.717) is 12.4 Å². The summed E-state index contributed by atoms with van der Waals surface area (Å²) in [6, 6.07) is 8.21. The molecule has 1 aliphatic rings. The average Bonchev–Trinajstić information content (AvgIpc) is 2.91. The largest absolute Gasteiger partial charge is 0.457 e. The molecule has 0 bridgehead atoms. The first-order valence-electron chi connectivity index (χ1n) is 13.6. The summed E-state index contributed by atoms with van der Waals surface area (Å²) in [4.78, 5) is 16.5. The van der Waals surface area contributed by atoms with Gasteiger partial charge in [-0.1, -0.05) is 33.1 Å². The van der Waals surface area contributed by atoms with E-state index in [4.69, 9.17) is 9.72 Å². The number of anilines is 3. The summed E-state index contributed by atoms with van der Waals surface area (Å²) in [5.41, 5.74) is 4.80. The Morgan fingerprint density at radius 2 is 2.03 bits per heavy atom. The number of rotatable bonds is 12. The van der Waals surface area contributed by atoms with Crippen LogP contribution in [0, 0.1) is 6.92 Å². The normalized spacial score (nSPS) is 13.3. The van der Waals surface area contributed by atoms with E-state index < -0.39 is 0 Å². The minimum Gasteiger partial charge on any atom is -0.457 e. The first-order valence-corrected chi connectivity index (χ1v) is 13.6. The standard InChI is InChI=1S/C30H39N7O/c1-6-9-10-16-36(5)30-23(11-7-2)20-26-28(35-30)29(32-21-31-26)34-24-12-13-27(22(4)19-24)38-25-14-17-37(18-15-25)33-8-3/h8,12-15,17,19-21H,6-7,9-11,16,18H2,1-5H3,(H,31,32,34)/b33-8-. The molecule has 0 unspecified atom stereocenters. The zero-order valence-electron chi connectivity index (χ0n) is 23.2. The number of hydrogen-bond donors (Lipinski definition) is 1. The molecule has 0 amide bonds. The second-order valence-electron chi connectivity index (χ2n) is 9.57. The van der Waals surface area contributed by atoms with Crippen LogP contribution in [-0.4, -0.2) is 46.3 Å². The highest BCUT2D eigenvalue weighted by Crippen LogP contribution is 2.30. The summed E-state index contributed by atoms with van der Waals surface area (Å²) in [5, 5.41) is 9.58. The molecule has 1 aromatic carbocycles. The van der Waals surface area contributed by atoms with Crippen molar-refractivity contribution in [1.82, 2.24) is 20.0 Å². The number of allylic oxidation sites excluding steroid dienone is 1. The molecule has 1 N–H and O–H groups in total. The van der Waals surface area contributed by atoms with E-state index in [1.165, 1.54) is 18.4 Å². The number of fused-ring (bicyclic) bond motifs is 1. The second-order valence-corrected chi connectivity index (χ2v) is 9.57. The van der Waals surface area contributed by atoms with Crippen LogP contribution in [0.4, 0.5) is 17.3 Å². The minimum absolute atomic E-state index is 0.679. The van der Waals surface area contributed by atoms with Crippen molar-refractivity contribution >= 4 is 34.6 Å². The van der Waals surface area contributed by atoms with Gasteiger partial charge in [-0.2, -0.15) is 5.10 Å². The third-order valence-corrected chi connectivity index (χ3v) is 6.46. The molecule has 0 fully saturated rings. The van der Waals surface area contributed by atoms with Gasteiger partial charge in [0.05, 0.1) is 12.1 Å². The number of hydrogen-bond acceptors (Lipinski definition) is 8. The van der Waals surface area contributed by atoms with Crippen molar-refractivity contribution in [3.05, 3.63) is 65.8 Å². The Hall–Kier alpha value is -3.94. The molecular formula is C30H39N7O. The first kappa shape index (κ1) is 27.1. The molecule has 0 spiro atoms. The maximum atomic E-state index is 6.13. The Bertz CT molecular complexity index is 1330. The van der Waals surface area contributed by atoms with Gasteiger partial charge in [0.15, 0.2) is 5.82 Å².